The van der Waals surface area contributed by atoms with Crippen LogP contribution in [0.5, 0.6) is 0 Å². The number of thiazole rings is 1. The van der Waals surface area contributed by atoms with Gasteiger partial charge in [0, 0.05) is 22.3 Å². The Morgan fingerprint density at radius 1 is 0.833 bits per heavy atom. The molecular formula is C27H25NOS. The third-order valence-electron chi connectivity index (χ3n) is 5.50. The van der Waals surface area contributed by atoms with Gasteiger partial charge >= 0.3 is 0 Å². The van der Waals surface area contributed by atoms with E-state index in [1.165, 1.54) is 10.4 Å². The number of Topliss-reactive ketones (excluding diaryl/α,β-unsaturated/α-hetero) is 1. The van der Waals surface area contributed by atoms with Gasteiger partial charge in [-0.2, -0.15) is 0 Å². The third kappa shape index (κ3) is 4.42. The van der Waals surface area contributed by atoms with Crippen molar-refractivity contribution in [2.24, 2.45) is 0 Å². The van der Waals surface area contributed by atoms with E-state index in [2.05, 4.69) is 36.4 Å². The van der Waals surface area contributed by atoms with Gasteiger partial charge in [0.1, 0.15) is 10.8 Å². The Balaban J connectivity index is 1.65. The van der Waals surface area contributed by atoms with Crippen LogP contribution in [0, 0.1) is 0 Å². The van der Waals surface area contributed by atoms with E-state index in [0.29, 0.717) is 6.42 Å². The number of aromatic nitrogens is 1. The molecule has 0 atom stereocenters. The largest absolute Gasteiger partial charge is 0.298 e. The van der Waals surface area contributed by atoms with E-state index in [1.54, 1.807) is 11.3 Å². The zero-order valence-electron chi connectivity index (χ0n) is 17.3. The smallest absolute Gasteiger partial charge is 0.149 e. The van der Waals surface area contributed by atoms with Crippen LogP contribution in [0.1, 0.15) is 34.9 Å². The molecule has 0 radical (unpaired) electrons. The average Bonchev–Trinajstić information content (AvgIpc) is 3.17. The Kier molecular flexibility index (Phi) is 5.91. The van der Waals surface area contributed by atoms with Crippen molar-refractivity contribution in [3.8, 4) is 11.3 Å². The number of benzene rings is 3. The van der Waals surface area contributed by atoms with Gasteiger partial charge < -0.3 is 0 Å². The summed E-state index contributed by atoms with van der Waals surface area (Å²) in [6.45, 7) is 4.00. The minimum atomic E-state index is -0.542. The molecule has 150 valence electrons. The van der Waals surface area contributed by atoms with Crippen LogP contribution in [0.2, 0.25) is 0 Å². The fourth-order valence-corrected chi connectivity index (χ4v) is 4.70. The molecule has 30 heavy (non-hydrogen) atoms. The number of rotatable bonds is 7. The van der Waals surface area contributed by atoms with E-state index in [1.807, 2.05) is 68.4 Å². The molecule has 4 rings (SSSR count). The van der Waals surface area contributed by atoms with Gasteiger partial charge in [0.25, 0.3) is 0 Å². The number of ketones is 1. The second-order valence-corrected chi connectivity index (χ2v) is 9.17. The molecule has 0 amide bonds. The zero-order valence-corrected chi connectivity index (χ0v) is 18.2. The van der Waals surface area contributed by atoms with Crippen LogP contribution < -0.4 is 0 Å². The van der Waals surface area contributed by atoms with Gasteiger partial charge in [0.05, 0.1) is 12.1 Å². The van der Waals surface area contributed by atoms with Crippen molar-refractivity contribution in [1.29, 1.82) is 0 Å². The molecule has 4 aromatic rings. The monoisotopic (exact) mass is 411 g/mol. The van der Waals surface area contributed by atoms with Crippen molar-refractivity contribution >= 4 is 17.1 Å². The molecule has 0 saturated heterocycles. The Hall–Kier alpha value is -3.04. The highest BCUT2D eigenvalue weighted by molar-refractivity contribution is 7.12. The van der Waals surface area contributed by atoms with Gasteiger partial charge in [-0.15, -0.1) is 11.3 Å². The second kappa shape index (κ2) is 8.76. The quantitative estimate of drug-likeness (QED) is 0.348. The maximum atomic E-state index is 13.2. The summed E-state index contributed by atoms with van der Waals surface area (Å²) in [5.41, 5.74) is 3.84. The van der Waals surface area contributed by atoms with Crippen LogP contribution in [-0.4, -0.2) is 10.8 Å². The van der Waals surface area contributed by atoms with E-state index >= 15 is 0 Å². The Morgan fingerprint density at radius 2 is 1.40 bits per heavy atom. The van der Waals surface area contributed by atoms with E-state index in [-0.39, 0.29) is 5.78 Å². The molecule has 0 spiro atoms. The molecule has 1 aromatic heterocycles. The van der Waals surface area contributed by atoms with E-state index in [0.717, 1.165) is 28.2 Å². The highest BCUT2D eigenvalue weighted by atomic mass is 32.1. The lowest BCUT2D eigenvalue weighted by Gasteiger charge is -2.23. The summed E-state index contributed by atoms with van der Waals surface area (Å²) in [6, 6.07) is 30.7. The van der Waals surface area contributed by atoms with E-state index in [9.17, 15) is 4.79 Å². The molecule has 0 fully saturated rings. The van der Waals surface area contributed by atoms with Crippen LogP contribution in [0.3, 0.4) is 0 Å². The maximum absolute atomic E-state index is 13.2. The van der Waals surface area contributed by atoms with Crippen molar-refractivity contribution in [3.63, 3.8) is 0 Å². The van der Waals surface area contributed by atoms with Gasteiger partial charge in [-0.1, -0.05) is 91.0 Å². The normalized spacial score (nSPS) is 11.4. The van der Waals surface area contributed by atoms with Gasteiger partial charge in [-0.3, -0.25) is 4.79 Å². The standard InChI is InChI=1S/C27H25NOS/c1-27(2,22-16-10-5-11-17-22)24(29)19-25-28-26(21-14-8-4-9-15-21)23(30-25)18-20-12-6-3-7-13-20/h3-17H,18-19H2,1-2H3. The molecule has 0 aliphatic carbocycles. The molecule has 3 heteroatoms. The van der Waals surface area contributed by atoms with Crippen LogP contribution in [-0.2, 0) is 23.1 Å². The summed E-state index contributed by atoms with van der Waals surface area (Å²) in [6.07, 6.45) is 1.17. The Labute approximate surface area is 182 Å². The average molecular weight is 412 g/mol. The maximum Gasteiger partial charge on any atom is 0.149 e. The summed E-state index contributed by atoms with van der Waals surface area (Å²) in [5, 5.41) is 0.883. The highest BCUT2D eigenvalue weighted by Gasteiger charge is 2.30. The van der Waals surface area contributed by atoms with E-state index < -0.39 is 5.41 Å². The van der Waals surface area contributed by atoms with Crippen molar-refractivity contribution in [2.75, 3.05) is 0 Å². The summed E-state index contributed by atoms with van der Waals surface area (Å²) < 4.78 is 0. The zero-order chi connectivity index (χ0) is 21.0. The van der Waals surface area contributed by atoms with Gasteiger partial charge in [0.15, 0.2) is 0 Å². The van der Waals surface area contributed by atoms with Gasteiger partial charge in [-0.25, -0.2) is 4.98 Å². The molecule has 0 unspecified atom stereocenters. The number of carbonyl (C=O) groups is 1. The number of hydrogen-bond donors (Lipinski definition) is 0. The molecular weight excluding hydrogens is 386 g/mol. The fraction of sp³-hybridized carbons (Fsp3) is 0.185. The second-order valence-electron chi connectivity index (χ2n) is 8.00. The Bertz CT molecular complexity index is 1120. The van der Waals surface area contributed by atoms with Crippen molar-refractivity contribution < 1.29 is 4.79 Å². The Morgan fingerprint density at radius 3 is 2.03 bits per heavy atom. The lowest BCUT2D eigenvalue weighted by Crippen LogP contribution is -2.30. The lowest BCUT2D eigenvalue weighted by molar-refractivity contribution is -0.122. The lowest BCUT2D eigenvalue weighted by atomic mass is 9.79. The SMILES string of the molecule is CC(C)(C(=O)Cc1nc(-c2ccccc2)c(Cc2ccccc2)s1)c1ccccc1. The number of hydrogen-bond acceptors (Lipinski definition) is 3. The molecule has 0 saturated carbocycles. The molecule has 0 N–H and O–H groups in total. The van der Waals surface area contributed by atoms with Crippen molar-refractivity contribution in [3.05, 3.63) is 112 Å². The molecule has 0 aliphatic heterocycles. The first-order valence-corrected chi connectivity index (χ1v) is 11.0. The van der Waals surface area contributed by atoms with Crippen LogP contribution in [0.15, 0.2) is 91.0 Å². The highest BCUT2D eigenvalue weighted by Crippen LogP contribution is 2.32. The summed E-state index contributed by atoms with van der Waals surface area (Å²) >= 11 is 1.66. The number of nitrogens with zero attached hydrogens (tertiary/aromatic N) is 1. The van der Waals surface area contributed by atoms with Crippen molar-refractivity contribution in [2.45, 2.75) is 32.1 Å². The van der Waals surface area contributed by atoms with Crippen LogP contribution in [0.25, 0.3) is 11.3 Å². The minimum absolute atomic E-state index is 0.188. The molecule has 0 aliphatic rings. The topological polar surface area (TPSA) is 30.0 Å². The first-order valence-electron chi connectivity index (χ1n) is 10.2. The molecule has 1 heterocycles. The predicted octanol–water partition coefficient (Wildman–Crippen LogP) is 6.49. The van der Waals surface area contributed by atoms with Gasteiger partial charge in [-0.05, 0) is 25.0 Å². The van der Waals surface area contributed by atoms with Crippen LogP contribution in [0.4, 0.5) is 0 Å². The third-order valence-corrected chi connectivity index (χ3v) is 6.56. The number of carbonyl (C=O) groups excluding carboxylic acids is 1. The molecule has 2 nitrogen and oxygen atoms in total. The predicted molar refractivity (Wildman–Crippen MR) is 125 cm³/mol. The first-order chi connectivity index (χ1) is 14.5. The molecule has 0 bridgehead atoms. The molecule has 3 aromatic carbocycles. The minimum Gasteiger partial charge on any atom is -0.298 e. The summed E-state index contributed by atoms with van der Waals surface area (Å²) in [7, 11) is 0. The van der Waals surface area contributed by atoms with Gasteiger partial charge in [0.2, 0.25) is 0 Å². The summed E-state index contributed by atoms with van der Waals surface area (Å²) in [4.78, 5) is 19.3. The fourth-order valence-electron chi connectivity index (χ4n) is 3.57. The van der Waals surface area contributed by atoms with Crippen LogP contribution >= 0.6 is 11.3 Å². The first kappa shape index (κ1) is 20.2. The van der Waals surface area contributed by atoms with E-state index in [4.69, 9.17) is 4.98 Å². The summed E-state index contributed by atoms with van der Waals surface area (Å²) in [5.74, 6) is 0.188. The van der Waals surface area contributed by atoms with Crippen molar-refractivity contribution in [1.82, 2.24) is 4.98 Å².